The molecule has 0 saturated heterocycles. The molecule has 0 saturated carbocycles. The van der Waals surface area contributed by atoms with E-state index >= 15 is 0 Å². The molecule has 1 rings (SSSR count). The maximum Gasteiger partial charge on any atom is -0.00860 e. The van der Waals surface area contributed by atoms with Crippen molar-refractivity contribution in [2.24, 2.45) is 0 Å². The van der Waals surface area contributed by atoms with Crippen LogP contribution < -0.4 is 0 Å². The second-order valence-electron chi connectivity index (χ2n) is 3.57. The van der Waals surface area contributed by atoms with Crippen LogP contribution in [0.2, 0.25) is 0 Å². The van der Waals surface area contributed by atoms with Gasteiger partial charge >= 0.3 is 0 Å². The lowest BCUT2D eigenvalue weighted by Crippen LogP contribution is -1.81. The van der Waals surface area contributed by atoms with E-state index in [2.05, 4.69) is 66.0 Å². The molecule has 0 amide bonds. The van der Waals surface area contributed by atoms with Crippen LogP contribution in [-0.4, -0.2) is 0 Å². The Morgan fingerprint density at radius 1 is 0.600 bits per heavy atom. The Labute approximate surface area is 117 Å². The molecular formula is C12H15Br3. The second kappa shape index (κ2) is 7.86. The Morgan fingerprint density at radius 2 is 0.867 bits per heavy atom. The third-order valence-corrected chi connectivity index (χ3v) is 4.41. The third kappa shape index (κ3) is 6.75. The Balaban J connectivity index is 2.62. The van der Waals surface area contributed by atoms with Gasteiger partial charge in [0.05, 0.1) is 0 Å². The quantitative estimate of drug-likeness (QED) is 0.457. The van der Waals surface area contributed by atoms with Gasteiger partial charge < -0.3 is 0 Å². The van der Waals surface area contributed by atoms with Crippen LogP contribution in [0.25, 0.3) is 0 Å². The second-order valence-corrected chi connectivity index (χ2v) is 6.62. The first-order valence-corrected chi connectivity index (χ1v) is 7.60. The molecule has 0 fully saturated rings. The lowest BCUT2D eigenvalue weighted by atomic mass is 10.1. The number of rotatable bonds is 0. The zero-order chi connectivity index (χ0) is 11.1. The number of hydrogen-bond acceptors (Lipinski definition) is 0. The summed E-state index contributed by atoms with van der Waals surface area (Å²) >= 11 is 10.8. The fourth-order valence-electron chi connectivity index (χ4n) is 1.41. The third-order valence-electron chi connectivity index (χ3n) is 2.25. The average molecular weight is 399 g/mol. The molecule has 0 N–H and O–H groups in total. The Bertz CT molecular complexity index is 240. The van der Waals surface area contributed by atoms with E-state index in [1.807, 2.05) is 0 Å². The zero-order valence-corrected chi connectivity index (χ0v) is 13.4. The maximum absolute atomic E-state index is 3.60. The molecule has 1 aliphatic rings. The SMILES string of the molecule is Br/C1=C/CC/C(Br)=C\CC/C(Br)=C\CC1. The summed E-state index contributed by atoms with van der Waals surface area (Å²) in [5.41, 5.74) is 0. The van der Waals surface area contributed by atoms with Gasteiger partial charge in [0, 0.05) is 0 Å². The zero-order valence-electron chi connectivity index (χ0n) is 8.61. The molecule has 15 heavy (non-hydrogen) atoms. The van der Waals surface area contributed by atoms with Crippen LogP contribution in [0.15, 0.2) is 31.7 Å². The van der Waals surface area contributed by atoms with Gasteiger partial charge in [-0.2, -0.15) is 0 Å². The minimum atomic E-state index is 1.11. The minimum Gasteiger partial charge on any atom is -0.0740 e. The molecule has 0 aromatic rings. The number of hydrogen-bond donors (Lipinski definition) is 0. The van der Waals surface area contributed by atoms with Crippen molar-refractivity contribution >= 4 is 47.8 Å². The number of halogens is 3. The van der Waals surface area contributed by atoms with E-state index in [0.717, 1.165) is 38.5 Å². The molecular weight excluding hydrogens is 384 g/mol. The summed E-state index contributed by atoms with van der Waals surface area (Å²) in [6.45, 7) is 0. The van der Waals surface area contributed by atoms with Gasteiger partial charge in [-0.25, -0.2) is 0 Å². The van der Waals surface area contributed by atoms with Crippen molar-refractivity contribution in [3.63, 3.8) is 0 Å². The molecule has 3 heteroatoms. The smallest absolute Gasteiger partial charge is 0.00860 e. The van der Waals surface area contributed by atoms with Crippen molar-refractivity contribution in [1.82, 2.24) is 0 Å². The highest BCUT2D eigenvalue weighted by molar-refractivity contribution is 9.12. The van der Waals surface area contributed by atoms with Gasteiger partial charge in [-0.3, -0.25) is 0 Å². The maximum atomic E-state index is 3.60. The molecule has 0 spiro atoms. The van der Waals surface area contributed by atoms with Crippen molar-refractivity contribution in [3.8, 4) is 0 Å². The van der Waals surface area contributed by atoms with E-state index in [-0.39, 0.29) is 0 Å². The van der Waals surface area contributed by atoms with E-state index in [9.17, 15) is 0 Å². The van der Waals surface area contributed by atoms with E-state index in [1.165, 1.54) is 13.4 Å². The van der Waals surface area contributed by atoms with Crippen LogP contribution in [0.1, 0.15) is 38.5 Å². The summed E-state index contributed by atoms with van der Waals surface area (Å²) in [5.74, 6) is 0. The predicted octanol–water partition coefficient (Wildman–Crippen LogP) is 6.18. The lowest BCUT2D eigenvalue weighted by Gasteiger charge is -2.02. The van der Waals surface area contributed by atoms with Gasteiger partial charge in [0.2, 0.25) is 0 Å². The molecule has 0 radical (unpaired) electrons. The van der Waals surface area contributed by atoms with Crippen LogP contribution in [0.5, 0.6) is 0 Å². The van der Waals surface area contributed by atoms with Crippen molar-refractivity contribution in [3.05, 3.63) is 31.7 Å². The van der Waals surface area contributed by atoms with Gasteiger partial charge in [-0.15, -0.1) is 0 Å². The Morgan fingerprint density at radius 3 is 1.13 bits per heavy atom. The summed E-state index contributed by atoms with van der Waals surface area (Å²) in [4.78, 5) is 0. The molecule has 0 bridgehead atoms. The van der Waals surface area contributed by atoms with Crippen LogP contribution >= 0.6 is 47.8 Å². The summed E-state index contributed by atoms with van der Waals surface area (Å²) in [6.07, 6.45) is 13.5. The molecule has 0 atom stereocenters. The summed E-state index contributed by atoms with van der Waals surface area (Å²) in [7, 11) is 0. The lowest BCUT2D eigenvalue weighted by molar-refractivity contribution is 0.947. The van der Waals surface area contributed by atoms with Crippen molar-refractivity contribution in [2.45, 2.75) is 38.5 Å². The van der Waals surface area contributed by atoms with Gasteiger partial charge in [-0.1, -0.05) is 66.0 Å². The molecule has 0 unspecified atom stereocenters. The average Bonchev–Trinajstić information content (AvgIpc) is 2.16. The minimum absolute atomic E-state index is 1.11. The molecule has 84 valence electrons. The molecule has 0 aliphatic heterocycles. The topological polar surface area (TPSA) is 0 Å². The van der Waals surface area contributed by atoms with Crippen LogP contribution in [0.4, 0.5) is 0 Å². The number of allylic oxidation sites excluding steroid dienone is 6. The van der Waals surface area contributed by atoms with Crippen LogP contribution in [-0.2, 0) is 0 Å². The van der Waals surface area contributed by atoms with Gasteiger partial charge in [0.15, 0.2) is 0 Å². The van der Waals surface area contributed by atoms with Crippen molar-refractivity contribution in [1.29, 1.82) is 0 Å². The van der Waals surface area contributed by atoms with Gasteiger partial charge in [0.25, 0.3) is 0 Å². The molecule has 0 heterocycles. The Kier molecular flexibility index (Phi) is 7.19. The van der Waals surface area contributed by atoms with Crippen molar-refractivity contribution < 1.29 is 0 Å². The highest BCUT2D eigenvalue weighted by Gasteiger charge is 1.97. The van der Waals surface area contributed by atoms with Gasteiger partial charge in [-0.05, 0) is 52.0 Å². The highest BCUT2D eigenvalue weighted by atomic mass is 79.9. The fourth-order valence-corrected chi connectivity index (χ4v) is 2.78. The van der Waals surface area contributed by atoms with Crippen LogP contribution in [0, 0.1) is 0 Å². The monoisotopic (exact) mass is 396 g/mol. The molecule has 0 aromatic carbocycles. The predicted molar refractivity (Wildman–Crippen MR) is 78.7 cm³/mol. The van der Waals surface area contributed by atoms with Crippen LogP contribution in [0.3, 0.4) is 0 Å². The fraction of sp³-hybridized carbons (Fsp3) is 0.500. The van der Waals surface area contributed by atoms with E-state index < -0.39 is 0 Å². The summed E-state index contributed by atoms with van der Waals surface area (Å²) in [5, 5.41) is 0. The molecule has 0 nitrogen and oxygen atoms in total. The molecule has 0 aromatic heterocycles. The first kappa shape index (κ1) is 13.7. The largest absolute Gasteiger partial charge is 0.0740 e. The van der Waals surface area contributed by atoms with E-state index in [0.29, 0.717) is 0 Å². The first-order valence-electron chi connectivity index (χ1n) is 5.22. The first-order chi connectivity index (χ1) is 7.18. The summed E-state index contributed by atoms with van der Waals surface area (Å²) < 4.78 is 3.96. The Hall–Kier alpha value is 0.660. The van der Waals surface area contributed by atoms with E-state index in [4.69, 9.17) is 0 Å². The van der Waals surface area contributed by atoms with Crippen molar-refractivity contribution in [2.75, 3.05) is 0 Å². The normalized spacial score (nSPS) is 31.0. The van der Waals surface area contributed by atoms with E-state index in [1.54, 1.807) is 0 Å². The summed E-state index contributed by atoms with van der Waals surface area (Å²) in [6, 6.07) is 0. The standard InChI is InChI=1S/C12H15Br3/c13-10-4-1-5-11(14)7-3-9-12(15)8-2-6-10/h4,7-8H,1-3,5-6,9H2/b10-4+,11-7+,12-8+. The van der Waals surface area contributed by atoms with Gasteiger partial charge in [0.1, 0.15) is 0 Å². The molecule has 1 aliphatic carbocycles. The highest BCUT2D eigenvalue weighted by Crippen LogP contribution is 2.23.